The highest BCUT2D eigenvalue weighted by molar-refractivity contribution is 5.69. The van der Waals surface area contributed by atoms with Gasteiger partial charge in [-0.1, -0.05) is 31.5 Å². The molecule has 0 radical (unpaired) electrons. The van der Waals surface area contributed by atoms with Crippen LogP contribution in [0.4, 0.5) is 0 Å². The summed E-state index contributed by atoms with van der Waals surface area (Å²) in [5.41, 5.74) is 2.04. The van der Waals surface area contributed by atoms with Crippen LogP contribution in [0.2, 0.25) is 0 Å². The summed E-state index contributed by atoms with van der Waals surface area (Å²) >= 11 is 0. The number of ether oxygens (including phenoxy) is 1. The first-order chi connectivity index (χ1) is 8.45. The van der Waals surface area contributed by atoms with Crippen molar-refractivity contribution in [1.29, 1.82) is 0 Å². The van der Waals surface area contributed by atoms with Crippen molar-refractivity contribution in [3.05, 3.63) is 29.3 Å². The lowest BCUT2D eigenvalue weighted by Crippen LogP contribution is -2.11. The number of carbonyl (C=O) groups is 1. The number of methoxy groups -OCH3 is 1. The maximum absolute atomic E-state index is 11.2. The molecular weight excluding hydrogens is 228 g/mol. The van der Waals surface area contributed by atoms with Gasteiger partial charge in [-0.05, 0) is 36.8 Å². The van der Waals surface area contributed by atoms with Crippen LogP contribution in [0.3, 0.4) is 0 Å². The highest BCUT2D eigenvalue weighted by Crippen LogP contribution is 2.35. The first-order valence-corrected chi connectivity index (χ1v) is 6.32. The minimum atomic E-state index is -0.201. The third-order valence-electron chi connectivity index (χ3n) is 3.27. The molecule has 1 rings (SSSR count). The molecule has 0 fully saturated rings. The number of rotatable bonds is 5. The van der Waals surface area contributed by atoms with E-state index in [0.717, 1.165) is 11.1 Å². The molecule has 0 spiro atoms. The second-order valence-electron chi connectivity index (χ2n) is 5.03. The number of hydrogen-bond donors (Lipinski definition) is 1. The van der Waals surface area contributed by atoms with Crippen LogP contribution in [0.1, 0.15) is 43.7 Å². The lowest BCUT2D eigenvalue weighted by molar-refractivity contribution is -0.140. The molecule has 18 heavy (non-hydrogen) atoms. The van der Waals surface area contributed by atoms with Crippen molar-refractivity contribution in [2.24, 2.45) is 5.92 Å². The molecule has 0 unspecified atom stereocenters. The highest BCUT2D eigenvalue weighted by Gasteiger charge is 2.20. The molecule has 1 N–H and O–H groups in total. The molecule has 100 valence electrons. The fraction of sp³-hybridized carbons (Fsp3) is 0.533. The zero-order chi connectivity index (χ0) is 13.7. The molecule has 0 saturated carbocycles. The van der Waals surface area contributed by atoms with Gasteiger partial charge in [-0.15, -0.1) is 0 Å². The monoisotopic (exact) mass is 250 g/mol. The van der Waals surface area contributed by atoms with Gasteiger partial charge in [0.15, 0.2) is 0 Å². The number of phenols is 1. The van der Waals surface area contributed by atoms with Crippen molar-refractivity contribution >= 4 is 5.97 Å². The Morgan fingerprint density at radius 3 is 2.61 bits per heavy atom. The van der Waals surface area contributed by atoms with Gasteiger partial charge >= 0.3 is 5.97 Å². The van der Waals surface area contributed by atoms with Crippen molar-refractivity contribution in [3.63, 3.8) is 0 Å². The summed E-state index contributed by atoms with van der Waals surface area (Å²) < 4.78 is 4.67. The second-order valence-corrected chi connectivity index (χ2v) is 5.03. The number of hydrogen-bond acceptors (Lipinski definition) is 3. The van der Waals surface area contributed by atoms with Gasteiger partial charge in [0.2, 0.25) is 0 Å². The van der Waals surface area contributed by atoms with Crippen LogP contribution in [0.25, 0.3) is 0 Å². The first kappa shape index (κ1) is 14.6. The molecular formula is C15H22O3. The number of esters is 1. The molecule has 0 saturated heterocycles. The lowest BCUT2D eigenvalue weighted by atomic mass is 9.83. The fourth-order valence-electron chi connectivity index (χ4n) is 2.19. The normalized spacial score (nSPS) is 12.5. The Morgan fingerprint density at radius 2 is 2.06 bits per heavy atom. The molecule has 0 aliphatic rings. The average molecular weight is 250 g/mol. The molecule has 0 heterocycles. The summed E-state index contributed by atoms with van der Waals surface area (Å²) in [4.78, 5) is 11.2. The topological polar surface area (TPSA) is 46.5 Å². The molecule has 0 aliphatic carbocycles. The van der Waals surface area contributed by atoms with Gasteiger partial charge in [-0.25, -0.2) is 0 Å². The number of carbonyl (C=O) groups excluding carboxylic acids is 1. The SMILES string of the molecule is COC(=O)CC[C@@H](c1cc(C)ccc1O)C(C)C. The van der Waals surface area contributed by atoms with Gasteiger partial charge in [0, 0.05) is 6.42 Å². The number of phenolic OH excluding ortho intramolecular Hbond substituents is 1. The summed E-state index contributed by atoms with van der Waals surface area (Å²) in [6.07, 6.45) is 1.08. The molecule has 1 aromatic rings. The van der Waals surface area contributed by atoms with Crippen molar-refractivity contribution in [3.8, 4) is 5.75 Å². The third-order valence-corrected chi connectivity index (χ3v) is 3.27. The minimum Gasteiger partial charge on any atom is -0.508 e. The zero-order valence-corrected chi connectivity index (χ0v) is 11.6. The highest BCUT2D eigenvalue weighted by atomic mass is 16.5. The van der Waals surface area contributed by atoms with E-state index in [1.807, 2.05) is 19.1 Å². The predicted molar refractivity (Wildman–Crippen MR) is 71.7 cm³/mol. The Hall–Kier alpha value is -1.51. The molecule has 3 nitrogen and oxygen atoms in total. The largest absolute Gasteiger partial charge is 0.508 e. The van der Waals surface area contributed by atoms with E-state index in [-0.39, 0.29) is 11.9 Å². The van der Waals surface area contributed by atoms with Gasteiger partial charge in [0.1, 0.15) is 5.75 Å². The Kier molecular flexibility index (Phi) is 5.20. The van der Waals surface area contributed by atoms with Crippen LogP contribution in [-0.2, 0) is 9.53 Å². The molecule has 0 bridgehead atoms. The zero-order valence-electron chi connectivity index (χ0n) is 11.6. The molecule has 1 atom stereocenters. The summed E-state index contributed by atoms with van der Waals surface area (Å²) in [5, 5.41) is 9.96. The summed E-state index contributed by atoms with van der Waals surface area (Å²) in [7, 11) is 1.40. The predicted octanol–water partition coefficient (Wildman–Crippen LogP) is 3.39. The standard InChI is InChI=1S/C15H22O3/c1-10(2)12(6-8-15(17)18-4)13-9-11(3)5-7-14(13)16/h5,7,9-10,12,16H,6,8H2,1-4H3/t12-/m1/s1. The Balaban J connectivity index is 2.90. The van der Waals surface area contributed by atoms with Crippen LogP contribution in [0, 0.1) is 12.8 Å². The van der Waals surface area contributed by atoms with Crippen molar-refractivity contribution in [2.45, 2.75) is 39.5 Å². The van der Waals surface area contributed by atoms with E-state index in [1.165, 1.54) is 7.11 Å². The van der Waals surface area contributed by atoms with Gasteiger partial charge in [-0.2, -0.15) is 0 Å². The van der Waals surface area contributed by atoms with E-state index < -0.39 is 0 Å². The van der Waals surface area contributed by atoms with Crippen molar-refractivity contribution < 1.29 is 14.6 Å². The molecule has 0 amide bonds. The molecule has 1 aromatic carbocycles. The summed E-state index contributed by atoms with van der Waals surface area (Å²) in [6.45, 7) is 6.20. The van der Waals surface area contributed by atoms with Gasteiger partial charge in [0.05, 0.1) is 7.11 Å². The number of benzene rings is 1. The number of aromatic hydroxyl groups is 1. The van der Waals surface area contributed by atoms with Crippen LogP contribution < -0.4 is 0 Å². The van der Waals surface area contributed by atoms with Crippen LogP contribution in [0.15, 0.2) is 18.2 Å². The Labute approximate surface area is 109 Å². The molecule has 0 aromatic heterocycles. The molecule has 0 aliphatic heterocycles. The van der Waals surface area contributed by atoms with E-state index in [4.69, 9.17) is 0 Å². The van der Waals surface area contributed by atoms with E-state index >= 15 is 0 Å². The van der Waals surface area contributed by atoms with Gasteiger partial charge in [-0.3, -0.25) is 4.79 Å². The maximum atomic E-state index is 11.2. The van der Waals surface area contributed by atoms with E-state index in [2.05, 4.69) is 18.6 Å². The Morgan fingerprint density at radius 1 is 1.39 bits per heavy atom. The van der Waals surface area contributed by atoms with Crippen LogP contribution in [-0.4, -0.2) is 18.2 Å². The van der Waals surface area contributed by atoms with E-state index in [0.29, 0.717) is 24.5 Å². The van der Waals surface area contributed by atoms with E-state index in [9.17, 15) is 9.90 Å². The summed E-state index contributed by atoms with van der Waals surface area (Å²) in [6, 6.07) is 5.60. The van der Waals surface area contributed by atoms with Gasteiger partial charge in [0.25, 0.3) is 0 Å². The van der Waals surface area contributed by atoms with Crippen molar-refractivity contribution in [1.82, 2.24) is 0 Å². The lowest BCUT2D eigenvalue weighted by Gasteiger charge is -2.22. The minimum absolute atomic E-state index is 0.170. The fourth-order valence-corrected chi connectivity index (χ4v) is 2.19. The van der Waals surface area contributed by atoms with Crippen molar-refractivity contribution in [2.75, 3.05) is 7.11 Å². The second kappa shape index (κ2) is 6.43. The Bertz CT molecular complexity index is 410. The van der Waals surface area contributed by atoms with E-state index in [1.54, 1.807) is 6.07 Å². The number of aryl methyl sites for hydroxylation is 1. The third kappa shape index (κ3) is 3.76. The molecule has 3 heteroatoms. The smallest absolute Gasteiger partial charge is 0.305 e. The first-order valence-electron chi connectivity index (χ1n) is 6.32. The average Bonchev–Trinajstić information content (AvgIpc) is 2.32. The maximum Gasteiger partial charge on any atom is 0.305 e. The summed E-state index contributed by atoms with van der Waals surface area (Å²) in [5.74, 6) is 0.642. The van der Waals surface area contributed by atoms with Gasteiger partial charge < -0.3 is 9.84 Å². The van der Waals surface area contributed by atoms with Crippen LogP contribution in [0.5, 0.6) is 5.75 Å². The quantitative estimate of drug-likeness (QED) is 0.815. The van der Waals surface area contributed by atoms with Crippen LogP contribution >= 0.6 is 0 Å².